The highest BCUT2D eigenvalue weighted by Crippen LogP contribution is 2.18. The first-order valence-corrected chi connectivity index (χ1v) is 11.0. The predicted molar refractivity (Wildman–Crippen MR) is 122 cm³/mol. The lowest BCUT2D eigenvalue weighted by Crippen LogP contribution is -3.14. The molecule has 158 valence electrons. The first-order valence-electron chi connectivity index (χ1n) is 10.5. The van der Waals surface area contributed by atoms with Gasteiger partial charge in [-0.1, -0.05) is 11.6 Å². The molecular weight excluding hydrogens is 384 g/mol. The zero-order valence-electron chi connectivity index (χ0n) is 17.8. The second kappa shape index (κ2) is 10.2. The van der Waals surface area contributed by atoms with Gasteiger partial charge in [0.15, 0.2) is 5.11 Å². The number of H-pyrrole nitrogens is 1. The van der Waals surface area contributed by atoms with E-state index in [1.165, 1.54) is 5.56 Å². The summed E-state index contributed by atoms with van der Waals surface area (Å²) in [6.07, 6.45) is 1.03. The fourth-order valence-electron chi connectivity index (χ4n) is 4.00. The molecular formula is C22H33N4O2S+. The van der Waals surface area contributed by atoms with Crippen molar-refractivity contribution < 1.29 is 9.64 Å². The minimum atomic E-state index is -0.0347. The molecule has 1 aliphatic heterocycles. The van der Waals surface area contributed by atoms with Crippen molar-refractivity contribution in [2.75, 3.05) is 45.9 Å². The van der Waals surface area contributed by atoms with Gasteiger partial charge < -0.3 is 24.8 Å². The quantitative estimate of drug-likeness (QED) is 0.590. The Balaban J connectivity index is 1.74. The molecule has 1 fully saturated rings. The Morgan fingerprint density at radius 1 is 1.28 bits per heavy atom. The summed E-state index contributed by atoms with van der Waals surface area (Å²) in [5.41, 5.74) is 3.92. The molecule has 1 aromatic heterocycles. The molecule has 0 radical (unpaired) electrons. The van der Waals surface area contributed by atoms with Crippen molar-refractivity contribution in [2.24, 2.45) is 0 Å². The Morgan fingerprint density at radius 3 is 2.76 bits per heavy atom. The van der Waals surface area contributed by atoms with Crippen molar-refractivity contribution in [1.82, 2.24) is 15.2 Å². The molecule has 6 nitrogen and oxygen atoms in total. The molecule has 1 saturated heterocycles. The molecule has 1 aromatic carbocycles. The molecule has 0 atom stereocenters. The minimum Gasteiger partial charge on any atom is -0.370 e. The lowest BCUT2D eigenvalue weighted by molar-refractivity contribution is -0.908. The van der Waals surface area contributed by atoms with E-state index in [1.54, 1.807) is 4.90 Å². The van der Waals surface area contributed by atoms with Crippen LogP contribution in [0.4, 0.5) is 0 Å². The number of aromatic nitrogens is 1. The predicted octanol–water partition coefficient (Wildman–Crippen LogP) is 1.15. The van der Waals surface area contributed by atoms with E-state index in [-0.39, 0.29) is 5.56 Å². The third-order valence-electron chi connectivity index (χ3n) is 5.50. The van der Waals surface area contributed by atoms with Gasteiger partial charge in [0.25, 0.3) is 5.56 Å². The van der Waals surface area contributed by atoms with Gasteiger partial charge in [-0.25, -0.2) is 0 Å². The van der Waals surface area contributed by atoms with Gasteiger partial charge in [0.2, 0.25) is 0 Å². The summed E-state index contributed by atoms with van der Waals surface area (Å²) >= 11 is 5.60. The maximum absolute atomic E-state index is 12.7. The van der Waals surface area contributed by atoms with Crippen LogP contribution in [-0.2, 0) is 11.3 Å². The van der Waals surface area contributed by atoms with E-state index in [0.29, 0.717) is 11.7 Å². The lowest BCUT2D eigenvalue weighted by atomic mass is 10.1. The van der Waals surface area contributed by atoms with E-state index >= 15 is 0 Å². The van der Waals surface area contributed by atoms with Crippen LogP contribution in [0, 0.1) is 13.8 Å². The standard InChI is InChI=1S/C22H32N4O2S/c1-4-23-22(29)26(7-5-6-25-8-10-28-11-9-25)15-19-14-18-13-16(2)12-17(3)20(18)24-21(19)27/h12-14H,4-11,15H2,1-3H3,(H,23,29)(H,24,27)/p+1. The molecule has 2 heterocycles. The van der Waals surface area contributed by atoms with Crippen LogP contribution in [0.3, 0.4) is 0 Å². The number of thiocarbonyl (C=S) groups is 1. The Bertz CT molecular complexity index is 906. The number of fused-ring (bicyclic) bond motifs is 1. The number of quaternary nitrogens is 1. The average Bonchev–Trinajstić information content (AvgIpc) is 2.69. The summed E-state index contributed by atoms with van der Waals surface area (Å²) in [7, 11) is 0. The van der Waals surface area contributed by atoms with Crippen LogP contribution in [0.15, 0.2) is 23.0 Å². The summed E-state index contributed by atoms with van der Waals surface area (Å²) in [6, 6.07) is 6.23. The number of aryl methyl sites for hydroxylation is 2. The van der Waals surface area contributed by atoms with Gasteiger partial charge in [0, 0.05) is 25.1 Å². The molecule has 0 bridgehead atoms. The molecule has 0 spiro atoms. The second-order valence-electron chi connectivity index (χ2n) is 7.89. The van der Waals surface area contributed by atoms with Gasteiger partial charge in [0.05, 0.1) is 31.8 Å². The Kier molecular flexibility index (Phi) is 7.64. The molecule has 2 aromatic rings. The zero-order valence-corrected chi connectivity index (χ0v) is 18.6. The maximum atomic E-state index is 12.7. The number of benzene rings is 1. The Labute approximate surface area is 178 Å². The summed E-state index contributed by atoms with van der Waals surface area (Å²) in [5, 5.41) is 5.03. The largest absolute Gasteiger partial charge is 0.370 e. The molecule has 1 aliphatic rings. The number of pyridine rings is 1. The van der Waals surface area contributed by atoms with E-state index in [2.05, 4.69) is 34.3 Å². The third kappa shape index (κ3) is 5.78. The summed E-state index contributed by atoms with van der Waals surface area (Å²) in [5.74, 6) is 0. The topological polar surface area (TPSA) is 61.8 Å². The Morgan fingerprint density at radius 2 is 2.03 bits per heavy atom. The second-order valence-corrected chi connectivity index (χ2v) is 8.28. The number of morpholine rings is 1. The van der Waals surface area contributed by atoms with Crippen LogP contribution in [0.5, 0.6) is 0 Å². The van der Waals surface area contributed by atoms with Crippen LogP contribution in [0.25, 0.3) is 10.9 Å². The molecule has 7 heteroatoms. The Hall–Kier alpha value is -1.96. The number of aromatic amines is 1. The molecule has 29 heavy (non-hydrogen) atoms. The van der Waals surface area contributed by atoms with Gasteiger partial charge in [0.1, 0.15) is 13.1 Å². The highest BCUT2D eigenvalue weighted by Gasteiger charge is 2.17. The van der Waals surface area contributed by atoms with Crippen LogP contribution < -0.4 is 15.8 Å². The monoisotopic (exact) mass is 417 g/mol. The highest BCUT2D eigenvalue weighted by atomic mass is 32.1. The van der Waals surface area contributed by atoms with E-state index in [9.17, 15) is 4.79 Å². The average molecular weight is 418 g/mol. The van der Waals surface area contributed by atoms with Crippen molar-refractivity contribution in [1.29, 1.82) is 0 Å². The number of hydrogen-bond donors (Lipinski definition) is 3. The number of ether oxygens (including phenoxy) is 1. The summed E-state index contributed by atoms with van der Waals surface area (Å²) in [4.78, 5) is 19.5. The molecule has 3 rings (SSSR count). The van der Waals surface area contributed by atoms with Gasteiger partial charge >= 0.3 is 0 Å². The van der Waals surface area contributed by atoms with Crippen LogP contribution in [-0.4, -0.2) is 60.9 Å². The summed E-state index contributed by atoms with van der Waals surface area (Å²) in [6.45, 7) is 13.2. The number of nitrogens with zero attached hydrogens (tertiary/aromatic N) is 1. The van der Waals surface area contributed by atoms with Gasteiger partial charge in [-0.15, -0.1) is 0 Å². The van der Waals surface area contributed by atoms with E-state index in [1.807, 2.05) is 19.9 Å². The van der Waals surface area contributed by atoms with Gasteiger partial charge in [-0.05, 0) is 56.1 Å². The summed E-state index contributed by atoms with van der Waals surface area (Å²) < 4.78 is 5.44. The first kappa shape index (κ1) is 21.7. The molecule has 0 aliphatic carbocycles. The van der Waals surface area contributed by atoms with Crippen molar-refractivity contribution in [3.63, 3.8) is 0 Å². The van der Waals surface area contributed by atoms with Gasteiger partial charge in [-0.3, -0.25) is 4.79 Å². The van der Waals surface area contributed by atoms with E-state index < -0.39 is 0 Å². The molecule has 0 unspecified atom stereocenters. The minimum absolute atomic E-state index is 0.0347. The van der Waals surface area contributed by atoms with Crippen molar-refractivity contribution >= 4 is 28.2 Å². The van der Waals surface area contributed by atoms with Crippen LogP contribution >= 0.6 is 12.2 Å². The first-order chi connectivity index (χ1) is 14.0. The van der Waals surface area contributed by atoms with Crippen LogP contribution in [0.1, 0.15) is 30.0 Å². The highest BCUT2D eigenvalue weighted by molar-refractivity contribution is 7.80. The zero-order chi connectivity index (χ0) is 20.8. The van der Waals surface area contributed by atoms with Crippen molar-refractivity contribution in [3.05, 3.63) is 45.2 Å². The molecule has 3 N–H and O–H groups in total. The SMILES string of the molecule is CCNC(=S)N(CCC[NH+]1CCOCC1)Cc1cc2cc(C)cc(C)c2[nH]c1=O. The number of rotatable bonds is 7. The normalized spacial score (nSPS) is 14.9. The molecule has 0 saturated carbocycles. The molecule has 0 amide bonds. The third-order valence-corrected chi connectivity index (χ3v) is 5.91. The lowest BCUT2D eigenvalue weighted by Gasteiger charge is -2.28. The fourth-order valence-corrected chi connectivity index (χ4v) is 4.30. The number of hydrogen-bond acceptors (Lipinski definition) is 3. The van der Waals surface area contributed by atoms with Crippen molar-refractivity contribution in [3.8, 4) is 0 Å². The van der Waals surface area contributed by atoms with E-state index in [4.69, 9.17) is 17.0 Å². The number of nitrogens with one attached hydrogen (secondary N) is 3. The van der Waals surface area contributed by atoms with Crippen LogP contribution in [0.2, 0.25) is 0 Å². The smallest absolute Gasteiger partial charge is 0.253 e. The van der Waals surface area contributed by atoms with E-state index in [0.717, 1.165) is 74.4 Å². The van der Waals surface area contributed by atoms with Gasteiger partial charge in [-0.2, -0.15) is 0 Å². The fraction of sp³-hybridized carbons (Fsp3) is 0.545. The maximum Gasteiger partial charge on any atom is 0.253 e. The van der Waals surface area contributed by atoms with Crippen molar-refractivity contribution in [2.45, 2.75) is 33.7 Å².